The molecule has 0 atom stereocenters. The quantitative estimate of drug-likeness (QED) is 0.0292. The molecule has 0 N–H and O–H groups in total. The van der Waals surface area contributed by atoms with Crippen LogP contribution in [0.25, 0.3) is 11.1 Å². The van der Waals surface area contributed by atoms with Gasteiger partial charge in [0.05, 0.1) is 0 Å². The first kappa shape index (κ1) is 53.0. The molecule has 0 aliphatic heterocycles. The average molecular weight is 827 g/mol. The number of aryl methyl sites for hydroxylation is 2. The molecule has 0 aromatic heterocycles. The van der Waals surface area contributed by atoms with Gasteiger partial charge in [-0.05, 0) is 86.1 Å². The lowest BCUT2D eigenvalue weighted by Crippen LogP contribution is -2.10. The van der Waals surface area contributed by atoms with E-state index in [1.54, 1.807) is 13.8 Å². The van der Waals surface area contributed by atoms with E-state index >= 15 is 0 Å². The van der Waals surface area contributed by atoms with Gasteiger partial charge in [0.25, 0.3) is 0 Å². The molecule has 2 aromatic carbocycles. The van der Waals surface area contributed by atoms with E-state index in [9.17, 15) is 9.59 Å². The lowest BCUT2D eigenvalue weighted by atomic mass is 9.88. The zero-order chi connectivity index (χ0) is 43.5. The summed E-state index contributed by atoms with van der Waals surface area (Å²) in [7, 11) is 0. The van der Waals surface area contributed by atoms with E-state index < -0.39 is 5.97 Å². The number of rotatable bonds is 39. The number of esters is 2. The topological polar surface area (TPSA) is 52.6 Å². The molecule has 0 fully saturated rings. The third kappa shape index (κ3) is 25.6. The zero-order valence-electron chi connectivity index (χ0n) is 39.6. The molecule has 338 valence electrons. The molecular weight excluding hydrogens is 737 g/mol. The number of unbranched alkanes of at least 4 members (excludes halogenated alkanes) is 30. The van der Waals surface area contributed by atoms with Crippen molar-refractivity contribution in [2.75, 3.05) is 0 Å². The monoisotopic (exact) mass is 827 g/mol. The molecule has 60 heavy (non-hydrogen) atoms. The maximum Gasteiger partial charge on any atom is 0.338 e. The summed E-state index contributed by atoms with van der Waals surface area (Å²) in [6.45, 7) is 15.5. The lowest BCUT2D eigenvalue weighted by Gasteiger charge is -2.19. The number of carbonyl (C=O) groups excluding carboxylic acids is 2. The molecule has 4 heteroatoms. The van der Waals surface area contributed by atoms with E-state index in [2.05, 4.69) is 51.3 Å². The Labute approximate surface area is 370 Å². The summed E-state index contributed by atoms with van der Waals surface area (Å²) >= 11 is 0. The van der Waals surface area contributed by atoms with Gasteiger partial charge < -0.3 is 9.47 Å². The fourth-order valence-corrected chi connectivity index (χ4v) is 8.36. The summed E-state index contributed by atoms with van der Waals surface area (Å²) in [5, 5.41) is 0. The number of carbonyl (C=O) groups is 2. The van der Waals surface area contributed by atoms with Crippen LogP contribution >= 0.6 is 0 Å². The van der Waals surface area contributed by atoms with Gasteiger partial charge in [0.1, 0.15) is 11.5 Å². The highest BCUT2D eigenvalue weighted by atomic mass is 16.5. The number of hydrogen-bond donors (Lipinski definition) is 0. The lowest BCUT2D eigenvalue weighted by molar-refractivity contribution is -0.130. The highest BCUT2D eigenvalue weighted by Gasteiger charge is 2.17. The maximum absolute atomic E-state index is 12.7. The second kappa shape index (κ2) is 35.5. The Morgan fingerprint density at radius 3 is 0.950 bits per heavy atom. The molecule has 2 rings (SSSR count). The molecule has 0 aliphatic rings. The van der Waals surface area contributed by atoms with Gasteiger partial charge >= 0.3 is 11.9 Å². The van der Waals surface area contributed by atoms with E-state index in [0.29, 0.717) is 22.6 Å². The molecule has 0 aliphatic carbocycles. The summed E-state index contributed by atoms with van der Waals surface area (Å²) in [5.74, 6) is 0.321. The van der Waals surface area contributed by atoms with Gasteiger partial charge in [-0.15, -0.1) is 0 Å². The zero-order valence-corrected chi connectivity index (χ0v) is 39.6. The van der Waals surface area contributed by atoms with Crippen LogP contribution in [0.5, 0.6) is 11.5 Å². The molecular formula is C56H90O4. The van der Waals surface area contributed by atoms with E-state index in [0.717, 1.165) is 31.2 Å². The fraction of sp³-hybridized carbons (Fsp3) is 0.679. The van der Waals surface area contributed by atoms with Crippen molar-refractivity contribution in [2.45, 2.75) is 246 Å². The third-order valence-corrected chi connectivity index (χ3v) is 12.1. The average Bonchev–Trinajstić information content (AvgIpc) is 3.23. The minimum absolute atomic E-state index is 0.376. The second-order valence-corrected chi connectivity index (χ2v) is 18.1. The minimum atomic E-state index is -0.417. The van der Waals surface area contributed by atoms with Crippen molar-refractivity contribution in [3.63, 3.8) is 0 Å². The van der Waals surface area contributed by atoms with E-state index in [4.69, 9.17) is 9.47 Å². The highest BCUT2D eigenvalue weighted by molar-refractivity contribution is 5.89. The second-order valence-electron chi connectivity index (χ2n) is 18.1. The van der Waals surface area contributed by atoms with Crippen LogP contribution in [0.1, 0.15) is 244 Å². The molecule has 0 saturated heterocycles. The van der Waals surface area contributed by atoms with Crippen molar-refractivity contribution in [3.05, 3.63) is 71.8 Å². The number of hydrogen-bond acceptors (Lipinski definition) is 4. The predicted molar refractivity (Wildman–Crippen MR) is 259 cm³/mol. The summed E-state index contributed by atoms with van der Waals surface area (Å²) in [4.78, 5) is 25.0. The Morgan fingerprint density at radius 1 is 0.400 bits per heavy atom. The Morgan fingerprint density at radius 2 is 0.667 bits per heavy atom. The Kier molecular flexibility index (Phi) is 31.3. The van der Waals surface area contributed by atoms with Crippen molar-refractivity contribution >= 4 is 11.9 Å². The van der Waals surface area contributed by atoms with Gasteiger partial charge in [-0.1, -0.05) is 232 Å². The molecule has 4 nitrogen and oxygen atoms in total. The summed E-state index contributed by atoms with van der Waals surface area (Å²) < 4.78 is 11.4. The predicted octanol–water partition coefficient (Wildman–Crippen LogP) is 17.9. The van der Waals surface area contributed by atoms with Crippen LogP contribution in [-0.4, -0.2) is 11.9 Å². The SMILES string of the molecule is C=C(C)C(=O)Oc1ccc(-c2c(CCCCCCCCCCCCCCCCCC)cc(OC(=O)C(=C)C)cc2CCCCCCCCCCCCCCCCCC)cc1. The van der Waals surface area contributed by atoms with Gasteiger partial charge in [-0.3, -0.25) is 0 Å². The molecule has 0 heterocycles. The Hall–Kier alpha value is -3.14. The van der Waals surface area contributed by atoms with Gasteiger partial charge in [0.2, 0.25) is 0 Å². The van der Waals surface area contributed by atoms with Gasteiger partial charge in [-0.2, -0.15) is 0 Å². The normalized spacial score (nSPS) is 11.2. The summed E-state index contributed by atoms with van der Waals surface area (Å²) in [6, 6.07) is 12.0. The first-order valence-corrected chi connectivity index (χ1v) is 25.3. The number of ether oxygens (including phenoxy) is 2. The van der Waals surface area contributed by atoms with E-state index in [1.807, 2.05) is 12.1 Å². The van der Waals surface area contributed by atoms with Crippen LogP contribution in [0, 0.1) is 0 Å². The molecule has 0 spiro atoms. The Bertz CT molecular complexity index is 1380. The largest absolute Gasteiger partial charge is 0.423 e. The first-order chi connectivity index (χ1) is 29.3. The van der Waals surface area contributed by atoms with Crippen molar-refractivity contribution in [1.29, 1.82) is 0 Å². The van der Waals surface area contributed by atoms with Gasteiger partial charge in [0, 0.05) is 11.1 Å². The summed E-state index contributed by atoms with van der Waals surface area (Å²) in [6.07, 6.45) is 44.9. The number of benzene rings is 2. The van der Waals surface area contributed by atoms with Crippen LogP contribution in [-0.2, 0) is 22.4 Å². The van der Waals surface area contributed by atoms with Crippen molar-refractivity contribution in [1.82, 2.24) is 0 Å². The van der Waals surface area contributed by atoms with Crippen LogP contribution < -0.4 is 9.47 Å². The van der Waals surface area contributed by atoms with Crippen LogP contribution in [0.2, 0.25) is 0 Å². The molecule has 0 unspecified atom stereocenters. The summed E-state index contributed by atoms with van der Waals surface area (Å²) in [5.41, 5.74) is 5.53. The van der Waals surface area contributed by atoms with Crippen LogP contribution in [0.15, 0.2) is 60.7 Å². The van der Waals surface area contributed by atoms with E-state index in [1.165, 1.54) is 209 Å². The third-order valence-electron chi connectivity index (χ3n) is 12.1. The van der Waals surface area contributed by atoms with E-state index in [-0.39, 0.29) is 5.97 Å². The van der Waals surface area contributed by atoms with Crippen molar-refractivity contribution in [2.24, 2.45) is 0 Å². The first-order valence-electron chi connectivity index (χ1n) is 25.3. The van der Waals surface area contributed by atoms with Crippen molar-refractivity contribution in [3.8, 4) is 22.6 Å². The minimum Gasteiger partial charge on any atom is -0.423 e. The Balaban J connectivity index is 1.96. The smallest absolute Gasteiger partial charge is 0.338 e. The standard InChI is InChI=1S/C56H90O4/c1-7-9-11-13-15-17-19-21-23-25-27-29-31-33-35-37-39-50-45-53(60-56(58)48(5)6)46-51(54(50)49-41-43-52(44-42-49)59-55(57)47(3)4)40-38-36-34-32-30-28-26-24-22-20-18-16-14-12-10-8-2/h41-46H,3,5,7-40H2,1-2,4,6H3. The molecule has 0 bridgehead atoms. The molecule has 0 saturated carbocycles. The van der Waals surface area contributed by atoms with Gasteiger partial charge in [-0.25, -0.2) is 9.59 Å². The van der Waals surface area contributed by atoms with Crippen LogP contribution in [0.4, 0.5) is 0 Å². The van der Waals surface area contributed by atoms with Crippen molar-refractivity contribution < 1.29 is 19.1 Å². The molecule has 0 radical (unpaired) electrons. The van der Waals surface area contributed by atoms with Crippen LogP contribution in [0.3, 0.4) is 0 Å². The van der Waals surface area contributed by atoms with Gasteiger partial charge in [0.15, 0.2) is 0 Å². The fourth-order valence-electron chi connectivity index (χ4n) is 8.36. The molecule has 2 aromatic rings. The highest BCUT2D eigenvalue weighted by Crippen LogP contribution is 2.36. The molecule has 0 amide bonds. The maximum atomic E-state index is 12.7.